The summed E-state index contributed by atoms with van der Waals surface area (Å²) in [7, 11) is -10.7. The predicted molar refractivity (Wildman–Crippen MR) is 100 cm³/mol. The first-order valence-corrected chi connectivity index (χ1v) is 12.6. The Bertz CT molecular complexity index is 365. The lowest BCUT2D eigenvalue weighted by molar-refractivity contribution is -0.929. The minimum absolute atomic E-state index is 1.35. The molecule has 0 atom stereocenters. The fourth-order valence-electron chi connectivity index (χ4n) is 2.78. The van der Waals surface area contributed by atoms with Gasteiger partial charge in [-0.05, 0) is 25.7 Å². The molecular formula is C16H38NO7P2-. The highest BCUT2D eigenvalue weighted by Crippen LogP contribution is 2.48. The van der Waals surface area contributed by atoms with E-state index in [2.05, 4.69) is 32.0 Å². The van der Waals surface area contributed by atoms with Crippen LogP contribution in [0.4, 0.5) is 0 Å². The molecule has 0 aromatic carbocycles. The Morgan fingerprint density at radius 2 is 1.00 bits per heavy atom. The normalized spacial score (nSPS) is 12.6. The number of hydrogen-bond donors (Lipinski definition) is 2. The van der Waals surface area contributed by atoms with Crippen molar-refractivity contribution in [1.29, 1.82) is 0 Å². The highest BCUT2D eigenvalue weighted by molar-refractivity contribution is 7.58. The second-order valence-corrected chi connectivity index (χ2v) is 9.20. The van der Waals surface area contributed by atoms with Crippen molar-refractivity contribution < 1.29 is 37.5 Å². The molecule has 0 amide bonds. The number of quaternary nitrogens is 1. The predicted octanol–water partition coefficient (Wildman–Crippen LogP) is 2.93. The van der Waals surface area contributed by atoms with Crippen molar-refractivity contribution in [2.24, 2.45) is 0 Å². The molecule has 0 aromatic rings. The zero-order valence-corrected chi connectivity index (χ0v) is 18.6. The van der Waals surface area contributed by atoms with Gasteiger partial charge in [0.15, 0.2) is 0 Å². The van der Waals surface area contributed by atoms with Crippen LogP contribution in [0.5, 0.6) is 0 Å². The van der Waals surface area contributed by atoms with Crippen molar-refractivity contribution in [2.75, 3.05) is 26.2 Å². The summed E-state index contributed by atoms with van der Waals surface area (Å²) in [6.07, 6.45) is 11.1. The molecule has 0 aliphatic rings. The topological polar surface area (TPSA) is 130 Å². The van der Waals surface area contributed by atoms with Gasteiger partial charge in [-0.3, -0.25) is 4.31 Å². The van der Waals surface area contributed by atoms with Gasteiger partial charge in [0, 0.05) is 0 Å². The van der Waals surface area contributed by atoms with E-state index in [1.807, 2.05) is 0 Å². The number of nitrogens with zero attached hydrogens (tertiary/aromatic N) is 1. The van der Waals surface area contributed by atoms with Crippen LogP contribution in [0.25, 0.3) is 0 Å². The molecule has 2 N–H and O–H groups in total. The number of rotatable bonds is 14. The highest BCUT2D eigenvalue weighted by atomic mass is 31.3. The molecule has 160 valence electrons. The standard InChI is InChI=1S/C16H36N.H4O7P2/c1-5-9-13-17(14-10-6-2,15-11-7-3)16-12-8-4;1-8(2,3)7-9(4,5)6/h5-16H2,1-4H3;(H2,1,2,3)(H2,4,5,6)/q+1;/p-2. The van der Waals surface area contributed by atoms with Gasteiger partial charge in [0.2, 0.25) is 0 Å². The first-order chi connectivity index (χ1) is 11.9. The molecule has 0 spiro atoms. The van der Waals surface area contributed by atoms with E-state index in [4.69, 9.17) is 9.79 Å². The third-order valence-corrected chi connectivity index (χ3v) is 5.80. The Morgan fingerprint density at radius 3 is 1.12 bits per heavy atom. The Kier molecular flexibility index (Phi) is 16.6. The quantitative estimate of drug-likeness (QED) is 0.328. The van der Waals surface area contributed by atoms with E-state index in [1.165, 1.54) is 82.0 Å². The summed E-state index contributed by atoms with van der Waals surface area (Å²) in [5.74, 6) is 0. The van der Waals surface area contributed by atoms with Gasteiger partial charge in [-0.15, -0.1) is 0 Å². The van der Waals surface area contributed by atoms with Crippen LogP contribution < -0.4 is 9.79 Å². The van der Waals surface area contributed by atoms with Crippen LogP contribution in [0.15, 0.2) is 0 Å². The lowest BCUT2D eigenvalue weighted by atomic mass is 10.1. The van der Waals surface area contributed by atoms with Gasteiger partial charge >= 0.3 is 7.82 Å². The fourth-order valence-corrected chi connectivity index (χ4v) is 3.82. The molecule has 0 radical (unpaired) electrons. The van der Waals surface area contributed by atoms with Crippen LogP contribution in [-0.2, 0) is 13.4 Å². The molecule has 0 aliphatic carbocycles. The third-order valence-electron chi connectivity index (χ3n) is 4.15. The molecule has 8 nitrogen and oxygen atoms in total. The second-order valence-electron chi connectivity index (χ2n) is 6.67. The molecule has 0 saturated carbocycles. The number of hydrogen-bond acceptors (Lipinski definition) is 5. The zero-order chi connectivity index (χ0) is 20.7. The van der Waals surface area contributed by atoms with Crippen LogP contribution in [0.3, 0.4) is 0 Å². The molecule has 0 fully saturated rings. The van der Waals surface area contributed by atoms with Crippen LogP contribution >= 0.6 is 15.6 Å². The Hall–Kier alpha value is 0.220. The fraction of sp³-hybridized carbons (Fsp3) is 1.00. The smallest absolute Gasteiger partial charge is 0.473 e. The Morgan fingerprint density at radius 1 is 0.731 bits per heavy atom. The lowest BCUT2D eigenvalue weighted by Gasteiger charge is -2.39. The first kappa shape index (κ1) is 28.4. The van der Waals surface area contributed by atoms with E-state index in [0.29, 0.717) is 0 Å². The largest absolute Gasteiger partial charge is 0.789 e. The Balaban J connectivity index is 0. The summed E-state index contributed by atoms with van der Waals surface area (Å²) in [6.45, 7) is 15.0. The maximum atomic E-state index is 9.55. The van der Waals surface area contributed by atoms with Gasteiger partial charge in [0.1, 0.15) is 0 Å². The van der Waals surface area contributed by atoms with E-state index in [1.54, 1.807) is 0 Å². The van der Waals surface area contributed by atoms with Gasteiger partial charge in [0.25, 0.3) is 0 Å². The van der Waals surface area contributed by atoms with Gasteiger partial charge < -0.3 is 28.6 Å². The monoisotopic (exact) mass is 418 g/mol. The van der Waals surface area contributed by atoms with E-state index >= 15 is 0 Å². The summed E-state index contributed by atoms with van der Waals surface area (Å²) in [6, 6.07) is 0. The summed E-state index contributed by atoms with van der Waals surface area (Å²) in [5.41, 5.74) is 0. The molecule has 0 heterocycles. The summed E-state index contributed by atoms with van der Waals surface area (Å²) >= 11 is 0. The van der Waals surface area contributed by atoms with Crippen LogP contribution in [-0.4, -0.2) is 40.4 Å². The SMILES string of the molecule is CCCC[N+](CCCC)(CCCC)CCCC.O=P([O-])([O-])OP(=O)(O)O. The lowest BCUT2D eigenvalue weighted by Crippen LogP contribution is -2.50. The van der Waals surface area contributed by atoms with Crippen molar-refractivity contribution in [3.8, 4) is 0 Å². The maximum absolute atomic E-state index is 9.55. The average Bonchev–Trinajstić information content (AvgIpc) is 2.50. The average molecular weight is 418 g/mol. The van der Waals surface area contributed by atoms with Crippen LogP contribution in [0.1, 0.15) is 79.1 Å². The van der Waals surface area contributed by atoms with E-state index in [-0.39, 0.29) is 0 Å². The van der Waals surface area contributed by atoms with Gasteiger partial charge in [0.05, 0.1) is 34.0 Å². The molecule has 0 aromatic heterocycles. The molecule has 10 heteroatoms. The molecule has 26 heavy (non-hydrogen) atoms. The van der Waals surface area contributed by atoms with Crippen molar-refractivity contribution >= 4 is 15.6 Å². The van der Waals surface area contributed by atoms with Crippen molar-refractivity contribution in [1.82, 2.24) is 0 Å². The van der Waals surface area contributed by atoms with Crippen LogP contribution in [0.2, 0.25) is 0 Å². The third kappa shape index (κ3) is 19.0. The number of unbranched alkanes of at least 4 members (excludes halogenated alkanes) is 4. The second kappa shape index (κ2) is 15.2. The summed E-state index contributed by atoms with van der Waals surface area (Å²) in [5, 5.41) is 0. The minimum atomic E-state index is -5.55. The Labute approximate surface area is 159 Å². The minimum Gasteiger partial charge on any atom is -0.789 e. The van der Waals surface area contributed by atoms with E-state index in [9.17, 15) is 18.9 Å². The van der Waals surface area contributed by atoms with Gasteiger partial charge in [-0.2, -0.15) is 0 Å². The molecule has 0 saturated heterocycles. The van der Waals surface area contributed by atoms with Gasteiger partial charge in [-0.1, -0.05) is 53.4 Å². The zero-order valence-electron chi connectivity index (χ0n) is 16.8. The number of phosphoric acid groups is 2. The van der Waals surface area contributed by atoms with Crippen molar-refractivity contribution in [2.45, 2.75) is 79.1 Å². The molecule has 0 rings (SSSR count). The molecular weight excluding hydrogens is 380 g/mol. The summed E-state index contributed by atoms with van der Waals surface area (Å²) in [4.78, 5) is 34.1. The molecule has 0 bridgehead atoms. The molecule has 0 aliphatic heterocycles. The molecule has 0 unspecified atom stereocenters. The van der Waals surface area contributed by atoms with Gasteiger partial charge in [-0.25, -0.2) is 4.57 Å². The van der Waals surface area contributed by atoms with E-state index in [0.717, 1.165) is 0 Å². The van der Waals surface area contributed by atoms with Crippen molar-refractivity contribution in [3.63, 3.8) is 0 Å². The van der Waals surface area contributed by atoms with Crippen LogP contribution in [0, 0.1) is 0 Å². The maximum Gasteiger partial charge on any atom is 0.473 e. The first-order valence-electron chi connectivity index (χ1n) is 9.59. The van der Waals surface area contributed by atoms with Crippen molar-refractivity contribution in [3.05, 3.63) is 0 Å². The van der Waals surface area contributed by atoms with E-state index < -0.39 is 15.6 Å². The highest BCUT2D eigenvalue weighted by Gasteiger charge is 2.24. The summed E-state index contributed by atoms with van der Waals surface area (Å²) < 4.78 is 23.1.